The van der Waals surface area contributed by atoms with Crippen LogP contribution in [0.2, 0.25) is 0 Å². The number of likely N-dealkylation sites (tertiary alicyclic amines) is 1. The van der Waals surface area contributed by atoms with Crippen LogP contribution in [-0.4, -0.2) is 31.1 Å². The quantitative estimate of drug-likeness (QED) is 0.896. The van der Waals surface area contributed by atoms with Gasteiger partial charge in [0.1, 0.15) is 5.75 Å². The number of nitrogens with one attached hydrogen (secondary N) is 1. The molecule has 0 atom stereocenters. The minimum Gasteiger partial charge on any atom is -0.495 e. The number of hydrogen-bond acceptors (Lipinski definition) is 2. The van der Waals surface area contributed by atoms with Crippen molar-refractivity contribution in [1.82, 2.24) is 4.90 Å². The minimum absolute atomic E-state index is 0.0432. The van der Waals surface area contributed by atoms with Gasteiger partial charge in [-0.1, -0.05) is 28.8 Å². The van der Waals surface area contributed by atoms with E-state index in [0.29, 0.717) is 11.4 Å². The Balaban J connectivity index is 2.07. The average molecular weight is 327 g/mol. The SMILES string of the molecule is COc1ccc(Br)cc1NC(=O)N1CCCCCC1. The minimum atomic E-state index is -0.0432. The van der Waals surface area contributed by atoms with Crippen LogP contribution in [0.5, 0.6) is 5.75 Å². The fourth-order valence-corrected chi connectivity index (χ4v) is 2.61. The van der Waals surface area contributed by atoms with Gasteiger partial charge >= 0.3 is 6.03 Å². The molecule has 1 aliphatic heterocycles. The molecule has 0 radical (unpaired) electrons. The fourth-order valence-electron chi connectivity index (χ4n) is 2.25. The maximum Gasteiger partial charge on any atom is 0.321 e. The number of urea groups is 1. The standard InChI is InChI=1S/C14H19BrN2O2/c1-19-13-7-6-11(15)10-12(13)16-14(18)17-8-4-2-3-5-9-17/h6-7,10H,2-5,8-9H2,1H3,(H,16,18). The lowest BCUT2D eigenvalue weighted by Gasteiger charge is -2.21. The van der Waals surface area contributed by atoms with Crippen LogP contribution in [0.4, 0.5) is 10.5 Å². The van der Waals surface area contributed by atoms with Crippen LogP contribution in [0.3, 0.4) is 0 Å². The summed E-state index contributed by atoms with van der Waals surface area (Å²) in [6.45, 7) is 1.67. The molecule has 1 heterocycles. The van der Waals surface area contributed by atoms with Gasteiger partial charge in [0, 0.05) is 17.6 Å². The van der Waals surface area contributed by atoms with Gasteiger partial charge in [0.05, 0.1) is 12.8 Å². The highest BCUT2D eigenvalue weighted by molar-refractivity contribution is 9.10. The van der Waals surface area contributed by atoms with Crippen molar-refractivity contribution in [2.45, 2.75) is 25.7 Å². The van der Waals surface area contributed by atoms with E-state index in [1.54, 1.807) is 7.11 Å². The number of benzene rings is 1. The summed E-state index contributed by atoms with van der Waals surface area (Å²) in [5, 5.41) is 2.93. The molecule has 0 aliphatic carbocycles. The summed E-state index contributed by atoms with van der Waals surface area (Å²) in [5.41, 5.74) is 0.700. The third kappa shape index (κ3) is 3.86. The van der Waals surface area contributed by atoms with E-state index in [2.05, 4.69) is 21.2 Å². The Morgan fingerprint density at radius 2 is 1.95 bits per heavy atom. The second kappa shape index (κ2) is 6.80. The monoisotopic (exact) mass is 326 g/mol. The van der Waals surface area contributed by atoms with Gasteiger partial charge in [0.15, 0.2) is 0 Å². The third-order valence-corrected chi connectivity index (χ3v) is 3.79. The molecule has 1 aromatic carbocycles. The van der Waals surface area contributed by atoms with Gasteiger partial charge in [-0.15, -0.1) is 0 Å². The predicted octanol–water partition coefficient (Wildman–Crippen LogP) is 3.87. The molecule has 0 bridgehead atoms. The Labute approximate surface area is 122 Å². The van der Waals surface area contributed by atoms with Crippen molar-refractivity contribution in [2.24, 2.45) is 0 Å². The van der Waals surface area contributed by atoms with E-state index in [-0.39, 0.29) is 6.03 Å². The van der Waals surface area contributed by atoms with E-state index in [1.807, 2.05) is 23.1 Å². The zero-order valence-corrected chi connectivity index (χ0v) is 12.7. The molecule has 104 valence electrons. The first-order valence-corrected chi connectivity index (χ1v) is 7.39. The van der Waals surface area contributed by atoms with Crippen LogP contribution in [-0.2, 0) is 0 Å². The van der Waals surface area contributed by atoms with Crippen molar-refractivity contribution in [3.8, 4) is 5.75 Å². The highest BCUT2D eigenvalue weighted by Crippen LogP contribution is 2.28. The molecule has 1 N–H and O–H groups in total. The molecule has 4 nitrogen and oxygen atoms in total. The van der Waals surface area contributed by atoms with Crippen molar-refractivity contribution in [3.63, 3.8) is 0 Å². The maximum atomic E-state index is 12.2. The molecule has 19 heavy (non-hydrogen) atoms. The Bertz CT molecular complexity index is 443. The van der Waals surface area contributed by atoms with Crippen LogP contribution >= 0.6 is 15.9 Å². The van der Waals surface area contributed by atoms with E-state index < -0.39 is 0 Å². The molecule has 0 saturated carbocycles. The summed E-state index contributed by atoms with van der Waals surface area (Å²) in [4.78, 5) is 14.1. The lowest BCUT2D eigenvalue weighted by Crippen LogP contribution is -2.35. The fraction of sp³-hybridized carbons (Fsp3) is 0.500. The van der Waals surface area contributed by atoms with Crippen LogP contribution in [0, 0.1) is 0 Å². The molecule has 1 aliphatic rings. The van der Waals surface area contributed by atoms with Crippen molar-refractivity contribution in [1.29, 1.82) is 0 Å². The van der Waals surface area contributed by atoms with E-state index in [1.165, 1.54) is 12.8 Å². The number of rotatable bonds is 2. The molecule has 2 rings (SSSR count). The van der Waals surface area contributed by atoms with Gasteiger partial charge in [0.25, 0.3) is 0 Å². The van der Waals surface area contributed by atoms with Gasteiger partial charge < -0.3 is 15.0 Å². The van der Waals surface area contributed by atoms with E-state index >= 15 is 0 Å². The van der Waals surface area contributed by atoms with Crippen molar-refractivity contribution >= 4 is 27.6 Å². The highest BCUT2D eigenvalue weighted by atomic mass is 79.9. The molecular formula is C14H19BrN2O2. The molecule has 0 spiro atoms. The molecule has 5 heteroatoms. The van der Waals surface area contributed by atoms with E-state index in [0.717, 1.165) is 30.4 Å². The lowest BCUT2D eigenvalue weighted by molar-refractivity contribution is 0.213. The van der Waals surface area contributed by atoms with Crippen LogP contribution in [0.15, 0.2) is 22.7 Å². The number of ether oxygens (including phenoxy) is 1. The highest BCUT2D eigenvalue weighted by Gasteiger charge is 2.16. The molecule has 0 unspecified atom stereocenters. The Morgan fingerprint density at radius 1 is 1.26 bits per heavy atom. The molecule has 1 saturated heterocycles. The normalized spacial score (nSPS) is 15.8. The largest absolute Gasteiger partial charge is 0.495 e. The third-order valence-electron chi connectivity index (χ3n) is 3.30. The van der Waals surface area contributed by atoms with Crippen molar-refractivity contribution in [3.05, 3.63) is 22.7 Å². The summed E-state index contributed by atoms with van der Waals surface area (Å²) in [5.74, 6) is 0.673. The van der Waals surface area contributed by atoms with Gasteiger partial charge in [-0.25, -0.2) is 4.79 Å². The second-order valence-electron chi connectivity index (χ2n) is 4.68. The zero-order chi connectivity index (χ0) is 13.7. The summed E-state index contributed by atoms with van der Waals surface area (Å²) < 4.78 is 6.18. The lowest BCUT2D eigenvalue weighted by atomic mass is 10.2. The Kier molecular flexibility index (Phi) is 5.07. The average Bonchev–Trinajstić information content (AvgIpc) is 2.68. The Hall–Kier alpha value is -1.23. The molecular weight excluding hydrogens is 308 g/mol. The number of halogens is 1. The first-order valence-electron chi connectivity index (χ1n) is 6.60. The molecule has 2 amide bonds. The van der Waals surface area contributed by atoms with Gasteiger partial charge in [-0.05, 0) is 31.0 Å². The second-order valence-corrected chi connectivity index (χ2v) is 5.59. The topological polar surface area (TPSA) is 41.6 Å². The number of anilines is 1. The number of carbonyl (C=O) groups excluding carboxylic acids is 1. The summed E-state index contributed by atoms with van der Waals surface area (Å²) >= 11 is 3.40. The zero-order valence-electron chi connectivity index (χ0n) is 11.1. The summed E-state index contributed by atoms with van der Waals surface area (Å²) in [6.07, 6.45) is 4.60. The number of amides is 2. The molecule has 1 fully saturated rings. The van der Waals surface area contributed by atoms with Crippen molar-refractivity contribution in [2.75, 3.05) is 25.5 Å². The molecule has 0 aromatic heterocycles. The summed E-state index contributed by atoms with van der Waals surface area (Å²) in [6, 6.07) is 5.54. The maximum absolute atomic E-state index is 12.2. The Morgan fingerprint density at radius 3 is 2.58 bits per heavy atom. The van der Waals surface area contributed by atoms with Gasteiger partial charge in [0.2, 0.25) is 0 Å². The van der Waals surface area contributed by atoms with Gasteiger partial charge in [-0.3, -0.25) is 0 Å². The van der Waals surface area contributed by atoms with Crippen LogP contribution in [0.1, 0.15) is 25.7 Å². The van der Waals surface area contributed by atoms with Gasteiger partial charge in [-0.2, -0.15) is 0 Å². The number of carbonyl (C=O) groups is 1. The van der Waals surface area contributed by atoms with E-state index in [9.17, 15) is 4.79 Å². The summed E-state index contributed by atoms with van der Waals surface area (Å²) in [7, 11) is 1.60. The first kappa shape index (κ1) is 14.2. The molecule has 1 aromatic rings. The van der Waals surface area contributed by atoms with Crippen LogP contribution < -0.4 is 10.1 Å². The smallest absolute Gasteiger partial charge is 0.321 e. The van der Waals surface area contributed by atoms with Crippen molar-refractivity contribution < 1.29 is 9.53 Å². The number of hydrogen-bond donors (Lipinski definition) is 1. The van der Waals surface area contributed by atoms with E-state index in [4.69, 9.17) is 4.74 Å². The number of methoxy groups -OCH3 is 1. The van der Waals surface area contributed by atoms with Crippen LogP contribution in [0.25, 0.3) is 0 Å². The number of nitrogens with zero attached hydrogens (tertiary/aromatic N) is 1. The first-order chi connectivity index (χ1) is 9.20. The predicted molar refractivity (Wildman–Crippen MR) is 79.8 cm³/mol.